The summed E-state index contributed by atoms with van der Waals surface area (Å²) in [4.78, 5) is 16.7. The van der Waals surface area contributed by atoms with Gasteiger partial charge in [0.15, 0.2) is 0 Å². The zero-order chi connectivity index (χ0) is 17.1. The summed E-state index contributed by atoms with van der Waals surface area (Å²) in [6.07, 6.45) is 6.44. The Morgan fingerprint density at radius 2 is 2.08 bits per heavy atom. The number of carbonyl (C=O) groups is 1. The summed E-state index contributed by atoms with van der Waals surface area (Å²) in [6.45, 7) is 7.23. The van der Waals surface area contributed by atoms with Crippen LogP contribution < -0.4 is 5.32 Å². The van der Waals surface area contributed by atoms with Crippen LogP contribution in [0.2, 0.25) is 0 Å². The highest BCUT2D eigenvalue weighted by atomic mass is 16.5. The van der Waals surface area contributed by atoms with Crippen molar-refractivity contribution in [2.45, 2.75) is 38.3 Å². The highest BCUT2D eigenvalue weighted by Gasteiger charge is 2.28. The Bertz CT molecular complexity index is 578. The van der Waals surface area contributed by atoms with Crippen molar-refractivity contribution >= 4 is 6.03 Å². The fourth-order valence-corrected chi connectivity index (χ4v) is 4.29. The van der Waals surface area contributed by atoms with E-state index in [0.717, 1.165) is 77.5 Å². The van der Waals surface area contributed by atoms with Gasteiger partial charge in [-0.15, -0.1) is 0 Å². The lowest BCUT2D eigenvalue weighted by molar-refractivity contribution is 0.0448. The topological polar surface area (TPSA) is 62.6 Å². The van der Waals surface area contributed by atoms with E-state index in [1.54, 1.807) is 0 Å². The third kappa shape index (κ3) is 3.98. The zero-order valence-corrected chi connectivity index (χ0v) is 14.9. The molecule has 1 atom stereocenters. The van der Waals surface area contributed by atoms with Crippen LogP contribution in [0.15, 0.2) is 12.3 Å². The lowest BCUT2D eigenvalue weighted by Gasteiger charge is -2.37. The van der Waals surface area contributed by atoms with Crippen LogP contribution in [-0.2, 0) is 11.3 Å². The van der Waals surface area contributed by atoms with Crippen molar-refractivity contribution in [1.82, 2.24) is 24.9 Å². The molecule has 0 radical (unpaired) electrons. The van der Waals surface area contributed by atoms with Gasteiger partial charge in [-0.25, -0.2) is 4.79 Å². The van der Waals surface area contributed by atoms with Crippen LogP contribution >= 0.6 is 0 Å². The third-order valence-corrected chi connectivity index (χ3v) is 5.69. The lowest BCUT2D eigenvalue weighted by Crippen LogP contribution is -2.47. The molecule has 0 saturated carbocycles. The molecule has 0 bridgehead atoms. The van der Waals surface area contributed by atoms with Gasteiger partial charge in [0.2, 0.25) is 0 Å². The first-order valence-corrected chi connectivity index (χ1v) is 9.65. The van der Waals surface area contributed by atoms with Gasteiger partial charge in [0, 0.05) is 58.7 Å². The van der Waals surface area contributed by atoms with E-state index in [2.05, 4.69) is 26.1 Å². The van der Waals surface area contributed by atoms with Gasteiger partial charge in [-0.3, -0.25) is 9.58 Å². The first kappa shape index (κ1) is 16.8. The molecule has 4 heterocycles. The van der Waals surface area contributed by atoms with Crippen molar-refractivity contribution < 1.29 is 9.53 Å². The number of fused-ring (bicyclic) bond motifs is 1. The number of carbonyl (C=O) groups excluding carboxylic acids is 1. The Morgan fingerprint density at radius 3 is 2.88 bits per heavy atom. The fourth-order valence-electron chi connectivity index (χ4n) is 4.29. The fraction of sp³-hybridized carbons (Fsp3) is 0.778. The van der Waals surface area contributed by atoms with E-state index < -0.39 is 0 Å². The second-order valence-electron chi connectivity index (χ2n) is 7.55. The van der Waals surface area contributed by atoms with Gasteiger partial charge >= 0.3 is 6.03 Å². The van der Waals surface area contributed by atoms with Crippen LogP contribution in [0.1, 0.15) is 37.4 Å². The molecule has 1 aromatic heterocycles. The van der Waals surface area contributed by atoms with Gasteiger partial charge in [-0.05, 0) is 37.7 Å². The highest BCUT2D eigenvalue weighted by molar-refractivity contribution is 5.74. The highest BCUT2D eigenvalue weighted by Crippen LogP contribution is 2.23. The molecule has 0 aromatic carbocycles. The normalized spacial score (nSPS) is 25.1. The molecule has 1 aromatic rings. The largest absolute Gasteiger partial charge is 0.381 e. The molecule has 2 fully saturated rings. The molecule has 2 saturated heterocycles. The molecule has 7 heteroatoms. The Morgan fingerprint density at radius 1 is 1.28 bits per heavy atom. The van der Waals surface area contributed by atoms with Crippen LogP contribution in [0.4, 0.5) is 4.79 Å². The van der Waals surface area contributed by atoms with Crippen molar-refractivity contribution in [2.75, 3.05) is 45.9 Å². The van der Waals surface area contributed by atoms with E-state index in [1.807, 2.05) is 11.1 Å². The minimum atomic E-state index is 0.0766. The van der Waals surface area contributed by atoms with E-state index in [9.17, 15) is 4.79 Å². The van der Waals surface area contributed by atoms with Crippen molar-refractivity contribution in [3.63, 3.8) is 0 Å². The number of ether oxygens (including phenoxy) is 1. The molecule has 4 rings (SSSR count). The predicted octanol–water partition coefficient (Wildman–Crippen LogP) is 1.47. The molecule has 138 valence electrons. The van der Waals surface area contributed by atoms with E-state index in [0.29, 0.717) is 6.54 Å². The third-order valence-electron chi connectivity index (χ3n) is 5.69. The van der Waals surface area contributed by atoms with Gasteiger partial charge in [0.05, 0.1) is 11.7 Å². The number of hydrogen-bond acceptors (Lipinski definition) is 4. The molecule has 25 heavy (non-hydrogen) atoms. The summed E-state index contributed by atoms with van der Waals surface area (Å²) >= 11 is 0. The number of urea groups is 1. The average Bonchev–Trinajstić information content (AvgIpc) is 3.32. The van der Waals surface area contributed by atoms with E-state index in [1.165, 1.54) is 5.69 Å². The molecule has 3 aliphatic heterocycles. The van der Waals surface area contributed by atoms with Crippen LogP contribution in [-0.4, -0.2) is 71.5 Å². The van der Waals surface area contributed by atoms with Crippen molar-refractivity contribution in [2.24, 2.45) is 5.92 Å². The van der Waals surface area contributed by atoms with Crippen LogP contribution in [0, 0.1) is 5.92 Å². The van der Waals surface area contributed by atoms with Gasteiger partial charge in [0.25, 0.3) is 0 Å². The number of likely N-dealkylation sites (tertiary alicyclic amines) is 1. The van der Waals surface area contributed by atoms with E-state index >= 15 is 0 Å². The smallest absolute Gasteiger partial charge is 0.317 e. The molecule has 1 unspecified atom stereocenters. The van der Waals surface area contributed by atoms with E-state index in [4.69, 9.17) is 4.74 Å². The molecular formula is C18H29N5O2. The van der Waals surface area contributed by atoms with Crippen LogP contribution in [0.5, 0.6) is 0 Å². The number of nitrogens with zero attached hydrogens (tertiary/aromatic N) is 4. The maximum absolute atomic E-state index is 12.3. The first-order chi connectivity index (χ1) is 12.3. The molecule has 0 spiro atoms. The van der Waals surface area contributed by atoms with Crippen LogP contribution in [0.3, 0.4) is 0 Å². The summed E-state index contributed by atoms with van der Waals surface area (Å²) in [5, 5.41) is 7.63. The van der Waals surface area contributed by atoms with Gasteiger partial charge in [-0.2, -0.15) is 5.10 Å². The molecule has 1 N–H and O–H groups in total. The quantitative estimate of drug-likeness (QED) is 0.896. The Labute approximate surface area is 149 Å². The minimum absolute atomic E-state index is 0.0766. The number of amides is 2. The number of nitrogens with one attached hydrogen (secondary N) is 1. The number of rotatable bonds is 4. The monoisotopic (exact) mass is 347 g/mol. The minimum Gasteiger partial charge on any atom is -0.381 e. The summed E-state index contributed by atoms with van der Waals surface area (Å²) in [5.41, 5.74) is 1.25. The average molecular weight is 347 g/mol. The Hall–Kier alpha value is -1.60. The summed E-state index contributed by atoms with van der Waals surface area (Å²) in [7, 11) is 0. The molecule has 3 aliphatic rings. The Kier molecular flexibility index (Phi) is 5.22. The summed E-state index contributed by atoms with van der Waals surface area (Å²) in [6, 6.07) is 2.39. The van der Waals surface area contributed by atoms with Gasteiger partial charge in [0.1, 0.15) is 0 Å². The van der Waals surface area contributed by atoms with Gasteiger partial charge in [-0.1, -0.05) is 0 Å². The zero-order valence-electron chi connectivity index (χ0n) is 14.9. The maximum Gasteiger partial charge on any atom is 0.317 e. The lowest BCUT2D eigenvalue weighted by atomic mass is 9.99. The standard InChI is InChI=1S/C18H29N5O2/c24-18(22-7-1-2-8-22)19-11-17-14-21(12-15-4-9-25-10-5-15)13-16-3-6-20-23(16)17/h3,6,15,17H,1-2,4-5,7-14H2,(H,19,24). The van der Waals surface area contributed by atoms with Crippen LogP contribution in [0.25, 0.3) is 0 Å². The molecule has 7 nitrogen and oxygen atoms in total. The second kappa shape index (κ2) is 7.74. The van der Waals surface area contributed by atoms with Crippen molar-refractivity contribution in [3.8, 4) is 0 Å². The van der Waals surface area contributed by atoms with Crippen molar-refractivity contribution in [1.29, 1.82) is 0 Å². The maximum atomic E-state index is 12.3. The molecule has 2 amide bonds. The first-order valence-electron chi connectivity index (χ1n) is 9.65. The second-order valence-corrected chi connectivity index (χ2v) is 7.55. The summed E-state index contributed by atoms with van der Waals surface area (Å²) < 4.78 is 7.58. The summed E-state index contributed by atoms with van der Waals surface area (Å²) in [5.74, 6) is 0.725. The SMILES string of the molecule is O=C(NCC1CN(CC2CCOCC2)Cc2ccnn21)N1CCCC1. The van der Waals surface area contributed by atoms with E-state index in [-0.39, 0.29) is 12.1 Å². The Balaban J connectivity index is 1.35. The van der Waals surface area contributed by atoms with Crippen molar-refractivity contribution in [3.05, 3.63) is 18.0 Å². The number of hydrogen-bond donors (Lipinski definition) is 1. The molecular weight excluding hydrogens is 318 g/mol. The number of aromatic nitrogens is 2. The van der Waals surface area contributed by atoms with Gasteiger partial charge < -0.3 is 15.0 Å². The predicted molar refractivity (Wildman–Crippen MR) is 94.3 cm³/mol. The molecule has 0 aliphatic carbocycles.